The van der Waals surface area contributed by atoms with E-state index in [2.05, 4.69) is 31.3 Å². The van der Waals surface area contributed by atoms with Crippen LogP contribution in [0.25, 0.3) is 0 Å². The number of carbonyl (C=O) groups excluding carboxylic acids is 2. The lowest BCUT2D eigenvalue weighted by atomic mass is 10.0. The van der Waals surface area contributed by atoms with E-state index in [1.165, 1.54) is 122 Å². The highest BCUT2D eigenvalue weighted by molar-refractivity contribution is 7.47. The Morgan fingerprint density at radius 1 is 0.588 bits per heavy atom. The largest absolute Gasteiger partial charge is 0.472 e. The number of aliphatic hydroxyl groups is 1. The van der Waals surface area contributed by atoms with Crippen molar-refractivity contribution >= 4 is 19.7 Å². The minimum Gasteiger partial charge on any atom is -0.463 e. The van der Waals surface area contributed by atoms with Gasteiger partial charge >= 0.3 is 13.8 Å². The summed E-state index contributed by atoms with van der Waals surface area (Å²) in [6.45, 7) is 3.50. The predicted molar refractivity (Wildman–Crippen MR) is 211 cm³/mol. The number of nitrogens with one attached hydrogen (secondary N) is 1. The third-order valence-electron chi connectivity index (χ3n) is 9.18. The van der Waals surface area contributed by atoms with Gasteiger partial charge in [0, 0.05) is 19.4 Å². The molecule has 0 aromatic rings. The summed E-state index contributed by atoms with van der Waals surface area (Å²) in [7, 11) is -4.41. The molecule has 0 aromatic carbocycles. The number of aliphatic hydroxyl groups excluding tert-OH is 1. The van der Waals surface area contributed by atoms with E-state index in [0.717, 1.165) is 57.8 Å². The van der Waals surface area contributed by atoms with E-state index in [1.807, 2.05) is 0 Å². The Hall–Kier alpha value is -1.25. The van der Waals surface area contributed by atoms with E-state index in [9.17, 15) is 24.2 Å². The molecule has 0 aliphatic carbocycles. The van der Waals surface area contributed by atoms with Crippen molar-refractivity contribution in [1.29, 1.82) is 0 Å². The van der Waals surface area contributed by atoms with Crippen LogP contribution in [0.15, 0.2) is 12.2 Å². The molecule has 51 heavy (non-hydrogen) atoms. The highest BCUT2D eigenvalue weighted by Crippen LogP contribution is 2.42. The van der Waals surface area contributed by atoms with Gasteiger partial charge < -0.3 is 20.1 Å². The van der Waals surface area contributed by atoms with Crippen LogP contribution in [0.3, 0.4) is 0 Å². The molecule has 2 unspecified atom stereocenters. The molecule has 10 heteroatoms. The quantitative estimate of drug-likeness (QED) is 0.0244. The lowest BCUT2D eigenvalue weighted by molar-refractivity contribution is -0.147. The zero-order valence-electron chi connectivity index (χ0n) is 33.1. The maximum atomic E-state index is 12.1. The Morgan fingerprint density at radius 2 is 1.04 bits per heavy atom. The van der Waals surface area contributed by atoms with Crippen molar-refractivity contribution in [2.75, 3.05) is 26.4 Å². The zero-order valence-corrected chi connectivity index (χ0v) is 34.0. The zero-order chi connectivity index (χ0) is 37.5. The SMILES string of the molecule is CCC/C=C\CCCCCCCC(=O)NCCOP(=O)(O)OCC(O)COC(=O)CCCCCCCCCCCCCCCCCCCCCC. The predicted octanol–water partition coefficient (Wildman–Crippen LogP) is 11.4. The van der Waals surface area contributed by atoms with Crippen molar-refractivity contribution in [2.45, 2.75) is 213 Å². The number of unbranched alkanes of at least 4 members (excludes halogenated alkanes) is 25. The second kappa shape index (κ2) is 38.5. The van der Waals surface area contributed by atoms with Gasteiger partial charge in [0.25, 0.3) is 0 Å². The maximum absolute atomic E-state index is 12.1. The third-order valence-corrected chi connectivity index (χ3v) is 10.2. The number of ether oxygens (including phenoxy) is 1. The van der Waals surface area contributed by atoms with Crippen molar-refractivity contribution in [3.8, 4) is 0 Å². The molecule has 0 fully saturated rings. The molecule has 0 spiro atoms. The molecule has 9 nitrogen and oxygen atoms in total. The molecule has 0 rings (SSSR count). The van der Waals surface area contributed by atoms with Crippen LogP contribution in [0, 0.1) is 0 Å². The molecule has 3 N–H and O–H groups in total. The average molecular weight is 746 g/mol. The van der Waals surface area contributed by atoms with Gasteiger partial charge in [0.1, 0.15) is 12.7 Å². The van der Waals surface area contributed by atoms with Gasteiger partial charge in [-0.15, -0.1) is 0 Å². The number of amides is 1. The Bertz CT molecular complexity index is 856. The van der Waals surface area contributed by atoms with Gasteiger partial charge in [-0.3, -0.25) is 18.6 Å². The third kappa shape index (κ3) is 39.8. The van der Waals surface area contributed by atoms with Crippen LogP contribution in [0.5, 0.6) is 0 Å². The number of hydrogen-bond donors (Lipinski definition) is 3. The van der Waals surface area contributed by atoms with E-state index in [0.29, 0.717) is 6.42 Å². The molecule has 0 radical (unpaired) electrons. The molecule has 2 atom stereocenters. The van der Waals surface area contributed by atoms with E-state index < -0.39 is 26.5 Å². The highest BCUT2D eigenvalue weighted by Gasteiger charge is 2.23. The molecule has 0 aliphatic heterocycles. The normalized spacial score (nSPS) is 13.4. The van der Waals surface area contributed by atoms with Crippen LogP contribution >= 0.6 is 7.82 Å². The fraction of sp³-hybridized carbons (Fsp3) is 0.902. The molecular formula is C41H80NO8P. The monoisotopic (exact) mass is 746 g/mol. The number of phosphoric acid groups is 1. The van der Waals surface area contributed by atoms with Gasteiger partial charge in [-0.1, -0.05) is 174 Å². The molecular weight excluding hydrogens is 665 g/mol. The fourth-order valence-corrected chi connectivity index (χ4v) is 6.73. The van der Waals surface area contributed by atoms with Crippen molar-refractivity contribution in [1.82, 2.24) is 5.32 Å². The van der Waals surface area contributed by atoms with Gasteiger partial charge in [0.15, 0.2) is 0 Å². The number of phosphoric ester groups is 1. The first-order chi connectivity index (χ1) is 24.8. The average Bonchev–Trinajstić information content (AvgIpc) is 3.11. The van der Waals surface area contributed by atoms with Crippen molar-refractivity contribution in [3.05, 3.63) is 12.2 Å². The van der Waals surface area contributed by atoms with Gasteiger partial charge in [-0.05, 0) is 32.1 Å². The summed E-state index contributed by atoms with van der Waals surface area (Å²) in [4.78, 5) is 33.8. The topological polar surface area (TPSA) is 131 Å². The molecule has 0 bridgehead atoms. The smallest absolute Gasteiger partial charge is 0.463 e. The van der Waals surface area contributed by atoms with Gasteiger partial charge in [-0.25, -0.2) is 4.57 Å². The highest BCUT2D eigenvalue weighted by atomic mass is 31.2. The molecule has 0 aliphatic rings. The molecule has 0 aromatic heterocycles. The minimum atomic E-state index is -4.41. The van der Waals surface area contributed by atoms with Crippen LogP contribution < -0.4 is 5.32 Å². The molecule has 0 saturated heterocycles. The molecule has 0 heterocycles. The standard InChI is InChI=1S/C41H80NO8P/c1-3-5-7-9-11-13-15-16-17-18-19-20-21-22-23-24-26-28-30-32-34-41(45)48-37-39(43)38-50-51(46,47)49-36-35-42-40(44)33-31-29-27-25-14-12-10-8-6-4-2/h8,10,39,43H,3-7,9,11-38H2,1-2H3,(H,42,44)(H,46,47)/b10-8-. The second-order valence-electron chi connectivity index (χ2n) is 14.3. The van der Waals surface area contributed by atoms with Crippen LogP contribution in [0.4, 0.5) is 0 Å². The van der Waals surface area contributed by atoms with E-state index >= 15 is 0 Å². The number of carbonyl (C=O) groups is 2. The fourth-order valence-electron chi connectivity index (χ4n) is 5.97. The van der Waals surface area contributed by atoms with Gasteiger partial charge in [0.05, 0.1) is 13.2 Å². The lowest BCUT2D eigenvalue weighted by Gasteiger charge is -2.15. The number of hydrogen-bond acceptors (Lipinski definition) is 7. The minimum absolute atomic E-state index is 0.0799. The first-order valence-electron chi connectivity index (χ1n) is 21.2. The summed E-state index contributed by atoms with van der Waals surface area (Å²) >= 11 is 0. The molecule has 1 amide bonds. The summed E-state index contributed by atoms with van der Waals surface area (Å²) in [6, 6.07) is 0. The van der Waals surface area contributed by atoms with Gasteiger partial charge in [-0.2, -0.15) is 0 Å². The van der Waals surface area contributed by atoms with Crippen LogP contribution in [0.1, 0.15) is 206 Å². The molecule has 0 saturated carbocycles. The lowest BCUT2D eigenvalue weighted by Crippen LogP contribution is -2.27. The summed E-state index contributed by atoms with van der Waals surface area (Å²) in [5, 5.41) is 12.7. The Balaban J connectivity index is 3.54. The van der Waals surface area contributed by atoms with Crippen LogP contribution in [-0.4, -0.2) is 54.3 Å². The van der Waals surface area contributed by atoms with Crippen molar-refractivity contribution in [2.24, 2.45) is 0 Å². The maximum Gasteiger partial charge on any atom is 0.472 e. The first kappa shape index (κ1) is 49.8. The Kier molecular flexibility index (Phi) is 37.5. The van der Waals surface area contributed by atoms with E-state index in [-0.39, 0.29) is 32.1 Å². The summed E-state index contributed by atoms with van der Waals surface area (Å²) < 4.78 is 26.8. The summed E-state index contributed by atoms with van der Waals surface area (Å²) in [5.41, 5.74) is 0. The summed E-state index contributed by atoms with van der Waals surface area (Å²) in [6.07, 6.45) is 38.7. The molecule has 302 valence electrons. The number of esters is 1. The number of rotatable bonds is 40. The Morgan fingerprint density at radius 3 is 1.55 bits per heavy atom. The van der Waals surface area contributed by atoms with Crippen LogP contribution in [-0.2, 0) is 27.9 Å². The van der Waals surface area contributed by atoms with E-state index in [4.69, 9.17) is 13.8 Å². The van der Waals surface area contributed by atoms with E-state index in [1.54, 1.807) is 0 Å². The van der Waals surface area contributed by atoms with Crippen molar-refractivity contribution < 1.29 is 37.9 Å². The second-order valence-corrected chi connectivity index (χ2v) is 15.8. The summed E-state index contributed by atoms with van der Waals surface area (Å²) in [5.74, 6) is -0.520. The first-order valence-corrected chi connectivity index (χ1v) is 22.7. The Labute approximate surface area is 313 Å². The van der Waals surface area contributed by atoms with Crippen LogP contribution in [0.2, 0.25) is 0 Å². The van der Waals surface area contributed by atoms with Gasteiger partial charge in [0.2, 0.25) is 5.91 Å². The number of allylic oxidation sites excluding steroid dienone is 2. The van der Waals surface area contributed by atoms with Crippen molar-refractivity contribution in [3.63, 3.8) is 0 Å².